The van der Waals surface area contributed by atoms with Crippen LogP contribution in [0.3, 0.4) is 0 Å². The number of benzene rings is 2. The molecule has 3 aromatic rings. The number of anilines is 6. The molecular formula is C31H40BrClN8O3S. The van der Waals surface area contributed by atoms with Gasteiger partial charge in [-0.3, -0.25) is 9.21 Å². The molecule has 0 radical (unpaired) electrons. The Balaban J connectivity index is 1.18. The number of nitrogens with one attached hydrogen (secondary N) is 2. The second-order valence-corrected chi connectivity index (χ2v) is 15.4. The first-order valence-corrected chi connectivity index (χ1v) is 18.3. The lowest BCUT2D eigenvalue weighted by molar-refractivity contribution is 0.0982. The fraction of sp³-hybridized carbons (Fsp3) is 0.484. The lowest BCUT2D eigenvalue weighted by atomic mass is 10.0. The summed E-state index contributed by atoms with van der Waals surface area (Å²) in [7, 11) is 0.229. The molecule has 2 N–H and O–H groups in total. The fourth-order valence-electron chi connectivity index (χ4n) is 6.28. The van der Waals surface area contributed by atoms with E-state index in [0.29, 0.717) is 51.0 Å². The van der Waals surface area contributed by atoms with Crippen molar-refractivity contribution in [2.24, 2.45) is 0 Å². The van der Waals surface area contributed by atoms with Crippen LogP contribution in [0.2, 0.25) is 5.02 Å². The van der Waals surface area contributed by atoms with E-state index in [1.807, 2.05) is 24.3 Å². The number of hydrogen-bond acceptors (Lipinski definition) is 10. The average Bonchev–Trinajstić information content (AvgIpc) is 3.47. The van der Waals surface area contributed by atoms with Crippen molar-refractivity contribution in [1.82, 2.24) is 19.8 Å². The highest BCUT2D eigenvalue weighted by Gasteiger charge is 2.28. The maximum atomic E-state index is 12.4. The van der Waals surface area contributed by atoms with Gasteiger partial charge in [-0.2, -0.15) is 4.98 Å². The SMILES string of the molecule is Cc1cc(Nc2ncc(Br)c(Nc3cc4c(cc3N(C)S(C)(=O)=O)CCO4)n2)c(Cl)cc1N1CCC(N2CCN(C)CC2)CC1. The summed E-state index contributed by atoms with van der Waals surface area (Å²) in [6.07, 6.45) is 5.85. The number of piperazine rings is 1. The molecule has 0 unspecified atom stereocenters. The van der Waals surface area contributed by atoms with Crippen LogP contribution in [0.25, 0.3) is 0 Å². The largest absolute Gasteiger partial charge is 0.493 e. The van der Waals surface area contributed by atoms with Gasteiger partial charge in [0.15, 0.2) is 0 Å². The standard InChI is InChI=1S/C31H40BrClN8O3S/c1-20-15-25(24(33)17-27(20)41-8-5-22(6-9-41)40-12-10-38(2)11-13-40)36-31-34-19-23(32)30(37-31)35-26-18-29-21(7-14-44-29)16-28(26)39(3)45(4,42)43/h15-19,22H,5-14H2,1-4H3,(H2,34,35,36,37). The summed E-state index contributed by atoms with van der Waals surface area (Å²) in [4.78, 5) is 16.7. The van der Waals surface area contributed by atoms with E-state index in [4.69, 9.17) is 21.3 Å². The van der Waals surface area contributed by atoms with Gasteiger partial charge in [0, 0.05) is 76.7 Å². The Morgan fingerprint density at radius 1 is 1.04 bits per heavy atom. The zero-order chi connectivity index (χ0) is 31.9. The molecule has 0 spiro atoms. The Morgan fingerprint density at radius 2 is 1.78 bits per heavy atom. The van der Waals surface area contributed by atoms with Crippen LogP contribution >= 0.6 is 27.5 Å². The molecule has 2 fully saturated rings. The lowest BCUT2D eigenvalue weighted by Gasteiger charge is -2.43. The van der Waals surface area contributed by atoms with Gasteiger partial charge in [-0.25, -0.2) is 13.4 Å². The normalized spacial score (nSPS) is 18.0. The number of piperidine rings is 1. The summed E-state index contributed by atoms with van der Waals surface area (Å²) in [5.41, 5.74) is 5.00. The van der Waals surface area contributed by atoms with Crippen LogP contribution < -0.4 is 24.6 Å². The average molecular weight is 720 g/mol. The van der Waals surface area contributed by atoms with Crippen LogP contribution in [0.4, 0.5) is 34.5 Å². The van der Waals surface area contributed by atoms with E-state index in [9.17, 15) is 8.42 Å². The predicted molar refractivity (Wildman–Crippen MR) is 186 cm³/mol. The first kappa shape index (κ1) is 32.1. The highest BCUT2D eigenvalue weighted by Crippen LogP contribution is 2.40. The third-order valence-corrected chi connectivity index (χ3v) is 11.1. The Labute approximate surface area is 279 Å². The summed E-state index contributed by atoms with van der Waals surface area (Å²) in [6, 6.07) is 8.38. The smallest absolute Gasteiger partial charge is 0.232 e. The first-order valence-electron chi connectivity index (χ1n) is 15.2. The molecule has 3 aliphatic heterocycles. The van der Waals surface area contributed by atoms with E-state index >= 15 is 0 Å². The second-order valence-electron chi connectivity index (χ2n) is 12.1. The number of nitrogens with zero attached hydrogens (tertiary/aromatic N) is 6. The second kappa shape index (κ2) is 13.1. The molecule has 3 aliphatic rings. The molecule has 0 bridgehead atoms. The number of fused-ring (bicyclic) bond motifs is 1. The van der Waals surface area contributed by atoms with Crippen LogP contribution in [0.1, 0.15) is 24.0 Å². The minimum atomic E-state index is -3.50. The molecule has 2 saturated heterocycles. The highest BCUT2D eigenvalue weighted by atomic mass is 79.9. The van der Waals surface area contributed by atoms with E-state index in [0.717, 1.165) is 81.1 Å². The summed E-state index contributed by atoms with van der Waals surface area (Å²) in [5, 5.41) is 7.15. The van der Waals surface area contributed by atoms with Gasteiger partial charge in [-0.05, 0) is 72.1 Å². The molecule has 6 rings (SSSR count). The van der Waals surface area contributed by atoms with Crippen LogP contribution in [0.5, 0.6) is 5.75 Å². The third kappa shape index (κ3) is 7.12. The number of sulfonamides is 1. The van der Waals surface area contributed by atoms with Gasteiger partial charge in [-0.15, -0.1) is 0 Å². The molecular weight excluding hydrogens is 680 g/mol. The van der Waals surface area contributed by atoms with Crippen molar-refractivity contribution >= 4 is 72.1 Å². The minimum absolute atomic E-state index is 0.346. The highest BCUT2D eigenvalue weighted by molar-refractivity contribution is 9.10. The Kier molecular flexibility index (Phi) is 9.36. The van der Waals surface area contributed by atoms with Crippen molar-refractivity contribution in [1.29, 1.82) is 0 Å². The maximum absolute atomic E-state index is 12.4. The quantitative estimate of drug-likeness (QED) is 0.322. The van der Waals surface area contributed by atoms with E-state index in [1.54, 1.807) is 6.20 Å². The van der Waals surface area contributed by atoms with Gasteiger partial charge in [0.25, 0.3) is 0 Å². The monoisotopic (exact) mass is 718 g/mol. The number of halogens is 2. The number of aryl methyl sites for hydroxylation is 1. The van der Waals surface area contributed by atoms with Gasteiger partial charge >= 0.3 is 0 Å². The lowest BCUT2D eigenvalue weighted by Crippen LogP contribution is -2.52. The van der Waals surface area contributed by atoms with E-state index < -0.39 is 10.0 Å². The molecule has 0 saturated carbocycles. The zero-order valence-electron chi connectivity index (χ0n) is 26.1. The fourth-order valence-corrected chi connectivity index (χ4v) is 7.28. The first-order chi connectivity index (χ1) is 21.5. The van der Waals surface area contributed by atoms with Crippen molar-refractivity contribution in [3.05, 3.63) is 51.1 Å². The summed E-state index contributed by atoms with van der Waals surface area (Å²) in [5.74, 6) is 1.53. The molecule has 45 heavy (non-hydrogen) atoms. The number of aromatic nitrogens is 2. The Morgan fingerprint density at radius 3 is 2.49 bits per heavy atom. The van der Waals surface area contributed by atoms with Crippen molar-refractivity contribution in [3.63, 3.8) is 0 Å². The maximum Gasteiger partial charge on any atom is 0.232 e. The van der Waals surface area contributed by atoms with Gasteiger partial charge in [0.05, 0.1) is 39.4 Å². The van der Waals surface area contributed by atoms with Gasteiger partial charge in [0.1, 0.15) is 11.6 Å². The molecule has 0 atom stereocenters. The molecule has 14 heteroatoms. The van der Waals surface area contributed by atoms with E-state index in [-0.39, 0.29) is 0 Å². The van der Waals surface area contributed by atoms with Crippen molar-refractivity contribution in [3.8, 4) is 5.75 Å². The third-order valence-electron chi connectivity index (χ3n) is 9.03. The molecule has 11 nitrogen and oxygen atoms in total. The molecule has 4 heterocycles. The Hall–Kier alpha value is -2.84. The number of hydrogen-bond donors (Lipinski definition) is 2. The van der Waals surface area contributed by atoms with E-state index in [2.05, 4.69) is 60.2 Å². The van der Waals surface area contributed by atoms with Crippen LogP contribution in [0, 0.1) is 6.92 Å². The minimum Gasteiger partial charge on any atom is -0.493 e. The zero-order valence-corrected chi connectivity index (χ0v) is 29.3. The van der Waals surface area contributed by atoms with E-state index in [1.165, 1.54) is 17.6 Å². The van der Waals surface area contributed by atoms with Crippen LogP contribution in [-0.2, 0) is 16.4 Å². The van der Waals surface area contributed by atoms with Crippen molar-refractivity contribution in [2.45, 2.75) is 32.2 Å². The van der Waals surface area contributed by atoms with Crippen LogP contribution in [0.15, 0.2) is 34.9 Å². The number of rotatable bonds is 8. The molecule has 2 aromatic carbocycles. The van der Waals surface area contributed by atoms with Crippen LogP contribution in [-0.4, -0.2) is 100 Å². The summed E-state index contributed by atoms with van der Waals surface area (Å²) in [6.45, 7) is 9.28. The number of likely N-dealkylation sites (N-methyl/N-ethyl adjacent to an activating group) is 1. The van der Waals surface area contributed by atoms with Gasteiger partial charge in [-0.1, -0.05) is 11.6 Å². The molecule has 0 amide bonds. The molecule has 1 aromatic heterocycles. The topological polar surface area (TPSA) is 106 Å². The summed E-state index contributed by atoms with van der Waals surface area (Å²) >= 11 is 10.4. The van der Waals surface area contributed by atoms with Crippen molar-refractivity contribution in [2.75, 3.05) is 86.1 Å². The predicted octanol–water partition coefficient (Wildman–Crippen LogP) is 5.24. The molecule has 242 valence electrons. The molecule has 0 aliphatic carbocycles. The Bertz CT molecular complexity index is 1680. The van der Waals surface area contributed by atoms with Gasteiger partial charge in [0.2, 0.25) is 16.0 Å². The van der Waals surface area contributed by atoms with Gasteiger partial charge < -0.3 is 25.2 Å². The van der Waals surface area contributed by atoms with Crippen molar-refractivity contribution < 1.29 is 13.2 Å². The number of ether oxygens (including phenoxy) is 1. The summed E-state index contributed by atoms with van der Waals surface area (Å²) < 4.78 is 32.5.